The molecule has 3 rings (SSSR count). The van der Waals surface area contributed by atoms with E-state index in [4.69, 9.17) is 10.2 Å². The first-order valence-electron chi connectivity index (χ1n) is 6.55. The van der Waals surface area contributed by atoms with Crippen molar-refractivity contribution in [2.45, 2.75) is 39.3 Å². The Hall–Kier alpha value is -2.04. The number of aryl methyl sites for hydroxylation is 1. The minimum Gasteiger partial charge on any atom is -0.467 e. The maximum absolute atomic E-state index is 5.95. The Morgan fingerprint density at radius 1 is 1.37 bits per heavy atom. The van der Waals surface area contributed by atoms with Crippen LogP contribution in [-0.4, -0.2) is 16.0 Å². The number of hydrogen-bond donors (Lipinski definition) is 1. The number of nitrogen functional groups attached to an aromatic ring is 1. The molecule has 0 saturated heterocycles. The summed E-state index contributed by atoms with van der Waals surface area (Å²) in [6, 6.07) is 4.44. The molecule has 5 heteroatoms. The molecule has 0 amide bonds. The van der Waals surface area contributed by atoms with Crippen LogP contribution in [0.15, 0.2) is 22.8 Å². The second kappa shape index (κ2) is 4.57. The Labute approximate surface area is 112 Å². The summed E-state index contributed by atoms with van der Waals surface area (Å²) in [4.78, 5) is 11.1. The van der Waals surface area contributed by atoms with Crippen LogP contribution in [-0.2, 0) is 6.54 Å². The van der Waals surface area contributed by atoms with E-state index >= 15 is 0 Å². The number of nitrogens with zero attached hydrogens (tertiary/aromatic N) is 3. The Kier molecular flexibility index (Phi) is 2.89. The van der Waals surface area contributed by atoms with Crippen molar-refractivity contribution in [1.29, 1.82) is 0 Å². The molecule has 5 nitrogen and oxygen atoms in total. The SMILES string of the molecule is Cc1nc(N)c(C)c(N(Cc2ccco2)C2CC2)n1. The van der Waals surface area contributed by atoms with Crippen LogP contribution >= 0.6 is 0 Å². The molecule has 19 heavy (non-hydrogen) atoms. The Morgan fingerprint density at radius 3 is 2.79 bits per heavy atom. The Balaban J connectivity index is 1.96. The van der Waals surface area contributed by atoms with E-state index in [2.05, 4.69) is 14.9 Å². The quantitative estimate of drug-likeness (QED) is 0.912. The number of anilines is 2. The van der Waals surface area contributed by atoms with E-state index in [1.165, 1.54) is 12.8 Å². The van der Waals surface area contributed by atoms with Crippen LogP contribution in [0.2, 0.25) is 0 Å². The lowest BCUT2D eigenvalue weighted by Crippen LogP contribution is -2.27. The van der Waals surface area contributed by atoms with Gasteiger partial charge in [-0.2, -0.15) is 0 Å². The monoisotopic (exact) mass is 258 g/mol. The van der Waals surface area contributed by atoms with Crippen LogP contribution in [0.3, 0.4) is 0 Å². The van der Waals surface area contributed by atoms with Gasteiger partial charge in [0.15, 0.2) is 0 Å². The lowest BCUT2D eigenvalue weighted by Gasteiger charge is -2.24. The average Bonchev–Trinajstić information content (AvgIpc) is 3.09. The van der Waals surface area contributed by atoms with Crippen LogP contribution in [0.4, 0.5) is 11.6 Å². The molecule has 100 valence electrons. The minimum atomic E-state index is 0.539. The summed E-state index contributed by atoms with van der Waals surface area (Å²) < 4.78 is 5.45. The predicted octanol–water partition coefficient (Wildman–Crippen LogP) is 2.44. The average molecular weight is 258 g/mol. The highest BCUT2D eigenvalue weighted by Gasteiger charge is 2.32. The molecule has 0 bridgehead atoms. The maximum Gasteiger partial charge on any atom is 0.138 e. The van der Waals surface area contributed by atoms with Gasteiger partial charge in [-0.05, 0) is 38.8 Å². The summed E-state index contributed by atoms with van der Waals surface area (Å²) in [6.07, 6.45) is 4.10. The fourth-order valence-electron chi connectivity index (χ4n) is 2.25. The van der Waals surface area contributed by atoms with Crippen molar-refractivity contribution in [1.82, 2.24) is 9.97 Å². The molecule has 0 aliphatic heterocycles. The largest absolute Gasteiger partial charge is 0.467 e. The third-order valence-corrected chi connectivity index (χ3v) is 3.44. The first kappa shape index (κ1) is 12.0. The molecule has 2 heterocycles. The second-order valence-corrected chi connectivity index (χ2v) is 5.04. The van der Waals surface area contributed by atoms with Crippen molar-refractivity contribution in [2.24, 2.45) is 0 Å². The molecule has 2 N–H and O–H groups in total. The number of hydrogen-bond acceptors (Lipinski definition) is 5. The molecule has 1 saturated carbocycles. The highest BCUT2D eigenvalue weighted by atomic mass is 16.3. The Bertz CT molecular complexity index is 575. The second-order valence-electron chi connectivity index (χ2n) is 5.04. The van der Waals surface area contributed by atoms with Crippen molar-refractivity contribution >= 4 is 11.6 Å². The minimum absolute atomic E-state index is 0.539. The number of nitrogens with two attached hydrogens (primary N) is 1. The van der Waals surface area contributed by atoms with Crippen LogP contribution in [0.1, 0.15) is 30.0 Å². The van der Waals surface area contributed by atoms with Crippen LogP contribution in [0.25, 0.3) is 0 Å². The first-order chi connectivity index (χ1) is 9.15. The smallest absolute Gasteiger partial charge is 0.138 e. The van der Waals surface area contributed by atoms with Crippen LogP contribution < -0.4 is 10.6 Å². The Morgan fingerprint density at radius 2 is 2.16 bits per heavy atom. The maximum atomic E-state index is 5.95. The fraction of sp³-hybridized carbons (Fsp3) is 0.429. The molecule has 1 fully saturated rings. The highest BCUT2D eigenvalue weighted by molar-refractivity contribution is 5.57. The zero-order valence-electron chi connectivity index (χ0n) is 11.3. The van der Waals surface area contributed by atoms with E-state index in [0.717, 1.165) is 23.7 Å². The molecule has 0 aromatic carbocycles. The van der Waals surface area contributed by atoms with Crippen molar-refractivity contribution in [3.8, 4) is 0 Å². The van der Waals surface area contributed by atoms with Gasteiger partial charge in [-0.3, -0.25) is 0 Å². The van der Waals surface area contributed by atoms with Gasteiger partial charge in [0.1, 0.15) is 23.2 Å². The van der Waals surface area contributed by atoms with Crippen LogP contribution in [0.5, 0.6) is 0 Å². The molecule has 0 unspecified atom stereocenters. The van der Waals surface area contributed by atoms with Gasteiger partial charge < -0.3 is 15.1 Å². The van der Waals surface area contributed by atoms with Crippen molar-refractivity contribution < 1.29 is 4.42 Å². The van der Waals surface area contributed by atoms with Gasteiger partial charge >= 0.3 is 0 Å². The predicted molar refractivity (Wildman–Crippen MR) is 73.8 cm³/mol. The molecule has 0 spiro atoms. The van der Waals surface area contributed by atoms with Crippen LogP contribution in [0, 0.1) is 13.8 Å². The van der Waals surface area contributed by atoms with Gasteiger partial charge in [0, 0.05) is 11.6 Å². The lowest BCUT2D eigenvalue weighted by molar-refractivity contribution is 0.500. The fourth-order valence-corrected chi connectivity index (χ4v) is 2.25. The number of rotatable bonds is 4. The topological polar surface area (TPSA) is 68.2 Å². The summed E-state index contributed by atoms with van der Waals surface area (Å²) in [5.41, 5.74) is 6.90. The zero-order chi connectivity index (χ0) is 13.4. The van der Waals surface area contributed by atoms with Crippen molar-refractivity contribution in [3.05, 3.63) is 35.5 Å². The summed E-state index contributed by atoms with van der Waals surface area (Å²) >= 11 is 0. The zero-order valence-corrected chi connectivity index (χ0v) is 11.3. The van der Waals surface area contributed by atoms with Gasteiger partial charge in [-0.25, -0.2) is 9.97 Å². The van der Waals surface area contributed by atoms with E-state index in [9.17, 15) is 0 Å². The molecule has 2 aromatic heterocycles. The molecule has 0 radical (unpaired) electrons. The molecular formula is C14H18N4O. The van der Waals surface area contributed by atoms with Gasteiger partial charge in [-0.1, -0.05) is 0 Å². The van der Waals surface area contributed by atoms with Crippen molar-refractivity contribution in [3.63, 3.8) is 0 Å². The summed E-state index contributed by atoms with van der Waals surface area (Å²) in [7, 11) is 0. The first-order valence-corrected chi connectivity index (χ1v) is 6.55. The number of furan rings is 1. The van der Waals surface area contributed by atoms with E-state index in [-0.39, 0.29) is 0 Å². The molecule has 1 aliphatic rings. The van der Waals surface area contributed by atoms with E-state index in [0.29, 0.717) is 17.7 Å². The highest BCUT2D eigenvalue weighted by Crippen LogP contribution is 2.34. The van der Waals surface area contributed by atoms with E-state index < -0.39 is 0 Å². The standard InChI is InChI=1S/C14H18N4O/c1-9-13(15)16-10(2)17-14(9)18(11-5-6-11)8-12-4-3-7-19-12/h3-4,7,11H,5-6,8H2,1-2H3,(H2,15,16,17). The summed E-state index contributed by atoms with van der Waals surface area (Å²) in [5, 5.41) is 0. The lowest BCUT2D eigenvalue weighted by atomic mass is 10.2. The van der Waals surface area contributed by atoms with Gasteiger partial charge in [0.2, 0.25) is 0 Å². The van der Waals surface area contributed by atoms with Gasteiger partial charge in [0.05, 0.1) is 12.8 Å². The summed E-state index contributed by atoms with van der Waals surface area (Å²) in [5.74, 6) is 3.15. The summed E-state index contributed by atoms with van der Waals surface area (Å²) in [6.45, 7) is 4.58. The molecular weight excluding hydrogens is 240 g/mol. The number of aromatic nitrogens is 2. The van der Waals surface area contributed by atoms with Crippen molar-refractivity contribution in [2.75, 3.05) is 10.6 Å². The molecule has 1 aliphatic carbocycles. The van der Waals surface area contributed by atoms with Gasteiger partial charge in [0.25, 0.3) is 0 Å². The normalized spacial score (nSPS) is 14.6. The van der Waals surface area contributed by atoms with Gasteiger partial charge in [-0.15, -0.1) is 0 Å². The third-order valence-electron chi connectivity index (χ3n) is 3.44. The molecule has 0 atom stereocenters. The van der Waals surface area contributed by atoms with E-state index in [1.54, 1.807) is 6.26 Å². The molecule has 2 aromatic rings. The van der Waals surface area contributed by atoms with E-state index in [1.807, 2.05) is 26.0 Å². The third kappa shape index (κ3) is 2.41.